The van der Waals surface area contributed by atoms with Gasteiger partial charge in [0.1, 0.15) is 15.5 Å². The summed E-state index contributed by atoms with van der Waals surface area (Å²) in [7, 11) is 0. The van der Waals surface area contributed by atoms with Crippen molar-refractivity contribution in [2.75, 3.05) is 11.1 Å². The second-order valence-electron chi connectivity index (χ2n) is 6.56. The van der Waals surface area contributed by atoms with E-state index in [4.69, 9.17) is 10.7 Å². The number of carbonyl (C=O) groups is 1. The topological polar surface area (TPSA) is 68.0 Å². The Bertz CT molecular complexity index is 995. The lowest BCUT2D eigenvalue weighted by atomic mass is 9.88. The minimum Gasteiger partial charge on any atom is -0.397 e. The molecular weight excluding hydrogens is 349 g/mol. The lowest BCUT2D eigenvalue weighted by molar-refractivity contribution is 0.103. The van der Waals surface area contributed by atoms with E-state index in [9.17, 15) is 9.18 Å². The van der Waals surface area contributed by atoms with Gasteiger partial charge < -0.3 is 11.1 Å². The molecule has 4 nitrogen and oxygen atoms in total. The van der Waals surface area contributed by atoms with Crippen molar-refractivity contribution in [3.63, 3.8) is 0 Å². The summed E-state index contributed by atoms with van der Waals surface area (Å²) in [5, 5.41) is 3.74. The van der Waals surface area contributed by atoms with E-state index >= 15 is 0 Å². The molecule has 0 unspecified atom stereocenters. The van der Waals surface area contributed by atoms with Gasteiger partial charge in [0.05, 0.1) is 5.69 Å². The number of thiophene rings is 1. The maximum Gasteiger partial charge on any atom is 0.267 e. The van der Waals surface area contributed by atoms with E-state index in [2.05, 4.69) is 12.2 Å². The molecule has 1 aliphatic carbocycles. The van der Waals surface area contributed by atoms with Crippen molar-refractivity contribution in [3.8, 4) is 0 Å². The van der Waals surface area contributed by atoms with Gasteiger partial charge in [-0.05, 0) is 67.5 Å². The lowest BCUT2D eigenvalue weighted by Gasteiger charge is -2.19. The van der Waals surface area contributed by atoms with Crippen LogP contribution in [0.5, 0.6) is 0 Å². The molecule has 1 aromatic carbocycles. The van der Waals surface area contributed by atoms with Crippen LogP contribution in [0.15, 0.2) is 24.3 Å². The predicted molar refractivity (Wildman–Crippen MR) is 104 cm³/mol. The van der Waals surface area contributed by atoms with Crippen LogP contribution in [0.2, 0.25) is 0 Å². The highest BCUT2D eigenvalue weighted by Gasteiger charge is 2.24. The Labute approximate surface area is 155 Å². The molecule has 6 heteroatoms. The standard InChI is InChI=1S/C20H20FN3OS/c1-2-15-13-5-3-4-6-14(13)16-17(22)18(26-20(16)24-15)19(25)23-12-9-7-11(21)8-10-12/h7-10H,2-6,22H2,1H3,(H,23,25). The van der Waals surface area contributed by atoms with Crippen molar-refractivity contribution < 1.29 is 9.18 Å². The van der Waals surface area contributed by atoms with Gasteiger partial charge in [0.15, 0.2) is 0 Å². The molecule has 1 aliphatic rings. The van der Waals surface area contributed by atoms with Crippen LogP contribution in [0.4, 0.5) is 15.8 Å². The van der Waals surface area contributed by atoms with Gasteiger partial charge in [-0.15, -0.1) is 11.3 Å². The number of hydrogen-bond acceptors (Lipinski definition) is 4. The molecule has 2 aromatic heterocycles. The van der Waals surface area contributed by atoms with Gasteiger partial charge >= 0.3 is 0 Å². The molecule has 0 spiro atoms. The van der Waals surface area contributed by atoms with Crippen molar-refractivity contribution in [1.29, 1.82) is 0 Å². The lowest BCUT2D eigenvalue weighted by Crippen LogP contribution is -2.12. The fourth-order valence-electron chi connectivity index (χ4n) is 3.67. The van der Waals surface area contributed by atoms with Gasteiger partial charge in [-0.25, -0.2) is 9.37 Å². The molecule has 134 valence electrons. The van der Waals surface area contributed by atoms with E-state index in [1.165, 1.54) is 53.1 Å². The summed E-state index contributed by atoms with van der Waals surface area (Å²) in [6, 6.07) is 5.70. The molecule has 0 bridgehead atoms. The van der Waals surface area contributed by atoms with Crippen molar-refractivity contribution >= 4 is 38.8 Å². The zero-order valence-corrected chi connectivity index (χ0v) is 15.4. The highest BCUT2D eigenvalue weighted by atomic mass is 32.1. The van der Waals surface area contributed by atoms with Gasteiger partial charge in [0.2, 0.25) is 0 Å². The summed E-state index contributed by atoms with van der Waals surface area (Å²) in [6.07, 6.45) is 5.22. The van der Waals surface area contributed by atoms with Gasteiger partial charge in [-0.2, -0.15) is 0 Å². The number of halogens is 1. The number of rotatable bonds is 3. The monoisotopic (exact) mass is 369 g/mol. The number of carbonyl (C=O) groups excluding carboxylic acids is 1. The molecule has 3 aromatic rings. The van der Waals surface area contributed by atoms with E-state index in [0.717, 1.165) is 41.6 Å². The van der Waals surface area contributed by atoms with Crippen molar-refractivity contribution in [1.82, 2.24) is 4.98 Å². The molecule has 0 radical (unpaired) electrons. The number of nitrogens with two attached hydrogens (primary N) is 1. The van der Waals surface area contributed by atoms with E-state index in [1.807, 2.05) is 0 Å². The van der Waals surface area contributed by atoms with E-state index in [-0.39, 0.29) is 11.7 Å². The van der Waals surface area contributed by atoms with Crippen LogP contribution in [0.1, 0.15) is 46.3 Å². The van der Waals surface area contributed by atoms with Crippen LogP contribution in [0.25, 0.3) is 10.2 Å². The Balaban J connectivity index is 1.77. The first-order valence-electron chi connectivity index (χ1n) is 8.88. The number of hydrogen-bond donors (Lipinski definition) is 2. The average Bonchev–Trinajstić information content (AvgIpc) is 2.99. The number of benzene rings is 1. The number of pyridine rings is 1. The molecule has 2 heterocycles. The average molecular weight is 369 g/mol. The van der Waals surface area contributed by atoms with Crippen LogP contribution in [0.3, 0.4) is 0 Å². The normalized spacial score (nSPS) is 13.6. The van der Waals surface area contributed by atoms with Crippen molar-refractivity contribution in [2.24, 2.45) is 0 Å². The minimum atomic E-state index is -0.340. The van der Waals surface area contributed by atoms with E-state index < -0.39 is 0 Å². The quantitative estimate of drug-likeness (QED) is 0.702. The predicted octanol–water partition coefficient (Wildman–Crippen LogP) is 4.71. The first-order valence-corrected chi connectivity index (χ1v) is 9.69. The number of aryl methyl sites for hydroxylation is 2. The van der Waals surface area contributed by atoms with Gasteiger partial charge in [-0.1, -0.05) is 6.92 Å². The van der Waals surface area contributed by atoms with Crippen LogP contribution >= 0.6 is 11.3 Å². The zero-order chi connectivity index (χ0) is 18.3. The Morgan fingerprint density at radius 3 is 2.62 bits per heavy atom. The molecule has 1 amide bonds. The Morgan fingerprint density at radius 2 is 1.92 bits per heavy atom. The fraction of sp³-hybridized carbons (Fsp3) is 0.300. The maximum atomic E-state index is 13.0. The third kappa shape index (κ3) is 2.84. The molecule has 4 rings (SSSR count). The number of nitrogens with zero attached hydrogens (tertiary/aromatic N) is 1. The number of fused-ring (bicyclic) bond motifs is 3. The largest absolute Gasteiger partial charge is 0.397 e. The summed E-state index contributed by atoms with van der Waals surface area (Å²) < 4.78 is 13.0. The third-order valence-corrected chi connectivity index (χ3v) is 6.02. The molecule has 26 heavy (non-hydrogen) atoms. The Kier molecular flexibility index (Phi) is 4.36. The molecular formula is C20H20FN3OS. The molecule has 0 saturated heterocycles. The third-order valence-electron chi connectivity index (χ3n) is 4.92. The summed E-state index contributed by atoms with van der Waals surface area (Å²) in [5.41, 5.74) is 11.1. The summed E-state index contributed by atoms with van der Waals surface area (Å²) >= 11 is 1.33. The van der Waals surface area contributed by atoms with E-state index in [0.29, 0.717) is 16.3 Å². The highest BCUT2D eigenvalue weighted by molar-refractivity contribution is 7.21. The van der Waals surface area contributed by atoms with E-state index in [1.54, 1.807) is 0 Å². The maximum absolute atomic E-state index is 13.0. The molecule has 0 atom stereocenters. The van der Waals surface area contributed by atoms with Gasteiger partial charge in [0, 0.05) is 16.8 Å². The SMILES string of the molecule is CCc1nc2sc(C(=O)Nc3ccc(F)cc3)c(N)c2c2c1CCCC2. The molecule has 0 saturated carbocycles. The van der Waals surface area contributed by atoms with Crippen LogP contribution in [-0.2, 0) is 19.3 Å². The smallest absolute Gasteiger partial charge is 0.267 e. The number of aromatic nitrogens is 1. The first-order chi connectivity index (χ1) is 12.6. The van der Waals surface area contributed by atoms with Crippen LogP contribution in [-0.4, -0.2) is 10.9 Å². The zero-order valence-electron chi connectivity index (χ0n) is 14.6. The van der Waals surface area contributed by atoms with Gasteiger partial charge in [-0.3, -0.25) is 4.79 Å². The van der Waals surface area contributed by atoms with Gasteiger partial charge in [0.25, 0.3) is 5.91 Å². The number of nitrogens with one attached hydrogen (secondary N) is 1. The fourth-order valence-corrected chi connectivity index (χ4v) is 4.71. The first kappa shape index (κ1) is 17.0. The van der Waals surface area contributed by atoms with Crippen LogP contribution < -0.4 is 11.1 Å². The highest BCUT2D eigenvalue weighted by Crippen LogP contribution is 2.40. The van der Waals surface area contributed by atoms with Crippen molar-refractivity contribution in [2.45, 2.75) is 39.0 Å². The molecule has 0 aliphatic heterocycles. The summed E-state index contributed by atoms with van der Waals surface area (Å²) in [4.78, 5) is 18.8. The van der Waals surface area contributed by atoms with Crippen LogP contribution in [0, 0.1) is 5.82 Å². The second kappa shape index (κ2) is 6.68. The summed E-state index contributed by atoms with van der Waals surface area (Å²) in [6.45, 7) is 2.11. The number of anilines is 2. The minimum absolute atomic E-state index is 0.278. The van der Waals surface area contributed by atoms with Crippen molar-refractivity contribution in [3.05, 3.63) is 51.8 Å². The Morgan fingerprint density at radius 1 is 1.23 bits per heavy atom. The number of amides is 1. The molecule has 0 fully saturated rings. The molecule has 3 N–H and O–H groups in total. The second-order valence-corrected chi connectivity index (χ2v) is 7.56. The Hall–Kier alpha value is -2.47. The number of nitrogen functional groups attached to an aromatic ring is 1. The summed E-state index contributed by atoms with van der Waals surface area (Å²) in [5.74, 6) is -0.619.